The molecule has 0 amide bonds. The van der Waals surface area contributed by atoms with Gasteiger partial charge >= 0.3 is 0 Å². The summed E-state index contributed by atoms with van der Waals surface area (Å²) in [5.41, 5.74) is -0.203. The lowest BCUT2D eigenvalue weighted by atomic mass is 9.93. The first-order valence-corrected chi connectivity index (χ1v) is 7.49. The minimum atomic E-state index is -0.101. The van der Waals surface area contributed by atoms with Gasteiger partial charge in [-0.1, -0.05) is 51.9 Å². The van der Waals surface area contributed by atoms with Crippen molar-refractivity contribution in [2.75, 3.05) is 10.6 Å². The van der Waals surface area contributed by atoms with Crippen LogP contribution in [0.5, 0.6) is 0 Å². The minimum Gasteiger partial charge on any atom is -0.359 e. The molecule has 2 heterocycles. The van der Waals surface area contributed by atoms with Gasteiger partial charge in [0.05, 0.1) is 0 Å². The summed E-state index contributed by atoms with van der Waals surface area (Å²) >= 11 is 5.24. The van der Waals surface area contributed by atoms with E-state index in [2.05, 4.69) is 62.5 Å². The molecule has 0 radical (unpaired) electrons. The minimum absolute atomic E-state index is 0.101. The molecule has 0 saturated carbocycles. The Kier molecular flexibility index (Phi) is 4.28. The number of rotatable bonds is 2. The third-order valence-corrected chi connectivity index (χ3v) is 3.19. The molecule has 0 aromatic carbocycles. The van der Waals surface area contributed by atoms with Crippen molar-refractivity contribution in [3.63, 3.8) is 0 Å². The summed E-state index contributed by atoms with van der Waals surface area (Å²) in [4.78, 5) is 0. The summed E-state index contributed by atoms with van der Waals surface area (Å²) < 4.78 is 10.6. The topological polar surface area (TPSA) is 76.1 Å². The predicted molar refractivity (Wildman–Crippen MR) is 90.2 cm³/mol. The van der Waals surface area contributed by atoms with Crippen molar-refractivity contribution in [3.8, 4) is 0 Å². The van der Waals surface area contributed by atoms with Crippen molar-refractivity contribution in [2.24, 2.45) is 0 Å². The van der Waals surface area contributed by atoms with Crippen LogP contribution in [0.4, 0.5) is 11.6 Å². The third kappa shape index (κ3) is 4.07. The lowest BCUT2D eigenvalue weighted by Crippen LogP contribution is -2.19. The van der Waals surface area contributed by atoms with Gasteiger partial charge in [-0.25, -0.2) is 0 Å². The molecule has 2 N–H and O–H groups in total. The average Bonchev–Trinajstić information content (AvgIpc) is 2.96. The van der Waals surface area contributed by atoms with Crippen molar-refractivity contribution in [1.29, 1.82) is 0 Å². The van der Waals surface area contributed by atoms with Crippen LogP contribution in [0.15, 0.2) is 21.2 Å². The maximum atomic E-state index is 5.29. The maximum absolute atomic E-state index is 5.29. The van der Waals surface area contributed by atoms with E-state index in [4.69, 9.17) is 21.3 Å². The molecule has 0 fully saturated rings. The Balaban J connectivity index is 1.99. The monoisotopic (exact) mass is 322 g/mol. The molecule has 2 rings (SSSR count). The first kappa shape index (κ1) is 16.5. The van der Waals surface area contributed by atoms with Crippen LogP contribution < -0.4 is 10.6 Å². The lowest BCUT2D eigenvalue weighted by molar-refractivity contribution is 0.331. The Morgan fingerprint density at radius 2 is 1.23 bits per heavy atom. The van der Waals surface area contributed by atoms with E-state index in [0.29, 0.717) is 16.7 Å². The van der Waals surface area contributed by atoms with Gasteiger partial charge in [0, 0.05) is 23.0 Å². The molecule has 22 heavy (non-hydrogen) atoms. The van der Waals surface area contributed by atoms with Crippen molar-refractivity contribution in [2.45, 2.75) is 52.4 Å². The SMILES string of the molecule is CC(C)(C)c1cc(NC(=S)Nc2cc(C(C)(C)C)on2)no1. The van der Waals surface area contributed by atoms with E-state index >= 15 is 0 Å². The summed E-state index contributed by atoms with van der Waals surface area (Å²) in [6.07, 6.45) is 0. The summed E-state index contributed by atoms with van der Waals surface area (Å²) in [6, 6.07) is 3.66. The van der Waals surface area contributed by atoms with E-state index in [1.807, 2.05) is 12.1 Å². The van der Waals surface area contributed by atoms with Crippen LogP contribution in [-0.2, 0) is 10.8 Å². The summed E-state index contributed by atoms with van der Waals surface area (Å²) in [5.74, 6) is 2.69. The highest BCUT2D eigenvalue weighted by atomic mass is 32.1. The molecule has 6 nitrogen and oxygen atoms in total. The Bertz CT molecular complexity index is 605. The predicted octanol–water partition coefficient (Wildman–Crippen LogP) is 4.07. The van der Waals surface area contributed by atoms with Crippen molar-refractivity contribution >= 4 is 29.0 Å². The van der Waals surface area contributed by atoms with E-state index in [9.17, 15) is 0 Å². The van der Waals surface area contributed by atoms with E-state index in [1.165, 1.54) is 0 Å². The largest absolute Gasteiger partial charge is 0.359 e. The Morgan fingerprint density at radius 1 is 0.864 bits per heavy atom. The van der Waals surface area contributed by atoms with Gasteiger partial charge in [0.1, 0.15) is 11.5 Å². The van der Waals surface area contributed by atoms with Crippen LogP contribution in [0.1, 0.15) is 53.1 Å². The standard InChI is InChI=1S/C15H22N4O2S/c1-14(2,3)9-7-11(18-20-9)16-13(22)17-12-8-10(21-19-12)15(4,5)6/h7-8H,1-6H3,(H2,16,17,18,19,22). The Hall–Kier alpha value is -1.89. The number of thiocarbonyl (C=S) groups is 1. The number of hydrogen-bond acceptors (Lipinski definition) is 5. The van der Waals surface area contributed by atoms with E-state index in [1.54, 1.807) is 0 Å². The fourth-order valence-corrected chi connectivity index (χ4v) is 1.85. The number of hydrogen-bond donors (Lipinski definition) is 2. The third-order valence-electron chi connectivity index (χ3n) is 2.98. The van der Waals surface area contributed by atoms with Crippen LogP contribution >= 0.6 is 12.2 Å². The number of nitrogens with zero attached hydrogens (tertiary/aromatic N) is 2. The van der Waals surface area contributed by atoms with Crippen LogP contribution in [0.25, 0.3) is 0 Å². The Labute approximate surface area is 135 Å². The fraction of sp³-hybridized carbons (Fsp3) is 0.533. The first-order chi connectivity index (χ1) is 10.1. The molecule has 0 spiro atoms. The van der Waals surface area contributed by atoms with Gasteiger partial charge in [0.25, 0.3) is 0 Å². The highest BCUT2D eigenvalue weighted by molar-refractivity contribution is 7.80. The van der Waals surface area contributed by atoms with Gasteiger partial charge < -0.3 is 19.7 Å². The number of nitrogens with one attached hydrogen (secondary N) is 2. The van der Waals surface area contributed by atoms with Crippen LogP contribution in [0, 0.1) is 0 Å². The molecule has 0 bridgehead atoms. The van der Waals surface area contributed by atoms with Gasteiger partial charge in [-0.15, -0.1) is 0 Å². The van der Waals surface area contributed by atoms with Gasteiger partial charge in [-0.05, 0) is 12.2 Å². The Morgan fingerprint density at radius 3 is 1.50 bits per heavy atom. The maximum Gasteiger partial charge on any atom is 0.177 e. The zero-order valence-corrected chi connectivity index (χ0v) is 14.6. The second-order valence-electron chi connectivity index (χ2n) is 7.23. The highest BCUT2D eigenvalue weighted by Gasteiger charge is 2.21. The molecule has 0 aliphatic rings. The van der Waals surface area contributed by atoms with Crippen LogP contribution in [-0.4, -0.2) is 15.4 Å². The van der Waals surface area contributed by atoms with Gasteiger partial charge in [0.15, 0.2) is 16.7 Å². The zero-order chi connectivity index (χ0) is 16.5. The van der Waals surface area contributed by atoms with E-state index < -0.39 is 0 Å². The molecule has 0 unspecified atom stereocenters. The lowest BCUT2D eigenvalue weighted by Gasteiger charge is -2.12. The van der Waals surface area contributed by atoms with Crippen LogP contribution in [0.2, 0.25) is 0 Å². The average molecular weight is 322 g/mol. The van der Waals surface area contributed by atoms with Gasteiger partial charge in [-0.3, -0.25) is 0 Å². The smallest absolute Gasteiger partial charge is 0.177 e. The molecule has 2 aromatic heterocycles. The normalized spacial score (nSPS) is 12.3. The molecule has 7 heteroatoms. The molecule has 120 valence electrons. The van der Waals surface area contributed by atoms with Crippen molar-refractivity contribution in [1.82, 2.24) is 10.3 Å². The summed E-state index contributed by atoms with van der Waals surface area (Å²) in [5, 5.41) is 14.2. The summed E-state index contributed by atoms with van der Waals surface area (Å²) in [7, 11) is 0. The first-order valence-electron chi connectivity index (χ1n) is 7.08. The second kappa shape index (κ2) is 5.72. The molecule has 0 atom stereocenters. The van der Waals surface area contributed by atoms with Gasteiger partial charge in [0.2, 0.25) is 0 Å². The van der Waals surface area contributed by atoms with Crippen molar-refractivity contribution < 1.29 is 9.05 Å². The zero-order valence-electron chi connectivity index (χ0n) is 13.8. The number of anilines is 2. The van der Waals surface area contributed by atoms with E-state index in [-0.39, 0.29) is 10.8 Å². The van der Waals surface area contributed by atoms with Crippen molar-refractivity contribution in [3.05, 3.63) is 23.7 Å². The van der Waals surface area contributed by atoms with E-state index in [0.717, 1.165) is 11.5 Å². The quantitative estimate of drug-likeness (QED) is 0.807. The highest BCUT2D eigenvalue weighted by Crippen LogP contribution is 2.25. The number of aromatic nitrogens is 2. The second-order valence-corrected chi connectivity index (χ2v) is 7.64. The molecule has 2 aromatic rings. The molecular formula is C15H22N4O2S. The summed E-state index contributed by atoms with van der Waals surface area (Å²) in [6.45, 7) is 12.3. The van der Waals surface area contributed by atoms with Crippen LogP contribution in [0.3, 0.4) is 0 Å². The molecule has 0 aliphatic carbocycles. The molecule has 0 aliphatic heterocycles. The molecular weight excluding hydrogens is 300 g/mol. The molecule has 0 saturated heterocycles. The fourth-order valence-electron chi connectivity index (χ4n) is 1.64. The van der Waals surface area contributed by atoms with Gasteiger partial charge in [-0.2, -0.15) is 0 Å².